The van der Waals surface area contributed by atoms with E-state index in [9.17, 15) is 8.78 Å². The summed E-state index contributed by atoms with van der Waals surface area (Å²) in [5.74, 6) is 0.220. The van der Waals surface area contributed by atoms with E-state index in [0.29, 0.717) is 5.69 Å². The molecule has 0 amide bonds. The second-order valence-electron chi connectivity index (χ2n) is 3.50. The van der Waals surface area contributed by atoms with Crippen molar-refractivity contribution in [3.05, 3.63) is 30.0 Å². The second kappa shape index (κ2) is 4.54. The van der Waals surface area contributed by atoms with Crippen molar-refractivity contribution in [2.24, 2.45) is 12.8 Å². The topological polar surface area (TPSA) is 69.6 Å². The highest BCUT2D eigenvalue weighted by Gasteiger charge is 2.17. The summed E-state index contributed by atoms with van der Waals surface area (Å²) in [6, 6.07) is 0. The number of hydrogen-bond acceptors (Lipinski definition) is 4. The summed E-state index contributed by atoms with van der Waals surface area (Å²) in [7, 11) is 1.74. The van der Waals surface area contributed by atoms with Crippen molar-refractivity contribution in [2.45, 2.75) is 13.0 Å². The first kappa shape index (κ1) is 11.6. The summed E-state index contributed by atoms with van der Waals surface area (Å²) in [5.41, 5.74) is 5.87. The highest BCUT2D eigenvalue weighted by Crippen LogP contribution is 2.23. The van der Waals surface area contributed by atoms with Crippen LogP contribution in [0.4, 0.5) is 8.78 Å². The van der Waals surface area contributed by atoms with Gasteiger partial charge in [0.2, 0.25) is 0 Å². The first-order chi connectivity index (χ1) is 8.13. The lowest BCUT2D eigenvalue weighted by atomic mass is 10.2. The van der Waals surface area contributed by atoms with Gasteiger partial charge in [0.25, 0.3) is 6.43 Å². The van der Waals surface area contributed by atoms with Crippen LogP contribution in [0.1, 0.15) is 17.7 Å². The highest BCUT2D eigenvalue weighted by atomic mass is 19.3. The molecular formula is C10H11F2N5. The van der Waals surface area contributed by atoms with Crippen LogP contribution in [-0.2, 0) is 13.6 Å². The molecule has 0 unspecified atom stereocenters. The third-order valence-electron chi connectivity index (χ3n) is 2.37. The zero-order valence-corrected chi connectivity index (χ0v) is 9.14. The van der Waals surface area contributed by atoms with E-state index in [-0.39, 0.29) is 23.6 Å². The molecule has 0 saturated carbocycles. The Bertz CT molecular complexity index is 523. The first-order valence-electron chi connectivity index (χ1n) is 4.94. The van der Waals surface area contributed by atoms with Gasteiger partial charge in [0.15, 0.2) is 5.82 Å². The fraction of sp³-hybridized carbons (Fsp3) is 0.300. The molecule has 2 heterocycles. The minimum atomic E-state index is -2.66. The number of imidazole rings is 1. The van der Waals surface area contributed by atoms with Crippen LogP contribution < -0.4 is 5.73 Å². The molecule has 0 aliphatic carbocycles. The van der Waals surface area contributed by atoms with E-state index in [1.165, 1.54) is 12.4 Å². The maximum Gasteiger partial charge on any atom is 0.280 e. The van der Waals surface area contributed by atoms with Gasteiger partial charge >= 0.3 is 0 Å². The molecule has 0 saturated heterocycles. The summed E-state index contributed by atoms with van der Waals surface area (Å²) in [6.45, 7) is -0.00859. The number of halogens is 2. The fourth-order valence-corrected chi connectivity index (χ4v) is 1.46. The van der Waals surface area contributed by atoms with Gasteiger partial charge in [-0.05, 0) is 0 Å². The van der Waals surface area contributed by atoms with Gasteiger partial charge < -0.3 is 10.3 Å². The van der Waals surface area contributed by atoms with Gasteiger partial charge in [-0.25, -0.2) is 23.7 Å². The van der Waals surface area contributed by atoms with E-state index < -0.39 is 6.43 Å². The molecule has 2 rings (SSSR count). The van der Waals surface area contributed by atoms with Crippen molar-refractivity contribution in [3.8, 4) is 11.5 Å². The lowest BCUT2D eigenvalue weighted by Crippen LogP contribution is -2.07. The van der Waals surface area contributed by atoms with Crippen molar-refractivity contribution in [1.29, 1.82) is 0 Å². The molecule has 7 heteroatoms. The first-order valence-corrected chi connectivity index (χ1v) is 4.94. The molecule has 0 aliphatic heterocycles. The van der Waals surface area contributed by atoms with E-state index in [0.717, 1.165) is 0 Å². The second-order valence-corrected chi connectivity index (χ2v) is 3.50. The summed E-state index contributed by atoms with van der Waals surface area (Å²) < 4.78 is 27.2. The van der Waals surface area contributed by atoms with Crippen LogP contribution in [0.25, 0.3) is 11.5 Å². The van der Waals surface area contributed by atoms with Crippen LogP contribution in [0.2, 0.25) is 0 Å². The zero-order chi connectivity index (χ0) is 12.4. The average Bonchev–Trinajstić information content (AvgIpc) is 2.74. The summed E-state index contributed by atoms with van der Waals surface area (Å²) in [6.07, 6.45) is 1.74. The van der Waals surface area contributed by atoms with Crippen molar-refractivity contribution in [1.82, 2.24) is 19.5 Å². The Morgan fingerprint density at radius 3 is 2.71 bits per heavy atom. The minimum Gasteiger partial charge on any atom is -0.331 e. The quantitative estimate of drug-likeness (QED) is 0.875. The zero-order valence-electron chi connectivity index (χ0n) is 9.14. The molecule has 2 N–H and O–H groups in total. The molecule has 0 aliphatic rings. The van der Waals surface area contributed by atoms with Crippen LogP contribution in [0.15, 0.2) is 18.7 Å². The van der Waals surface area contributed by atoms with E-state index >= 15 is 0 Å². The Kier molecular flexibility index (Phi) is 3.10. The van der Waals surface area contributed by atoms with Gasteiger partial charge in [0.1, 0.15) is 11.4 Å². The number of aromatic nitrogens is 4. The maximum absolute atomic E-state index is 12.8. The molecule has 2 aromatic rings. The summed E-state index contributed by atoms with van der Waals surface area (Å²) in [5, 5.41) is 0. The predicted octanol–water partition coefficient (Wildman–Crippen LogP) is 1.27. The van der Waals surface area contributed by atoms with Gasteiger partial charge in [0.05, 0.1) is 12.5 Å². The molecule has 0 fully saturated rings. The molecule has 0 aromatic carbocycles. The normalized spacial score (nSPS) is 11.1. The van der Waals surface area contributed by atoms with E-state index in [1.54, 1.807) is 17.9 Å². The average molecular weight is 239 g/mol. The smallest absolute Gasteiger partial charge is 0.280 e. The molecule has 90 valence electrons. The lowest BCUT2D eigenvalue weighted by molar-refractivity contribution is 0.144. The van der Waals surface area contributed by atoms with Crippen LogP contribution in [0.3, 0.4) is 0 Å². The van der Waals surface area contributed by atoms with Crippen LogP contribution in [-0.4, -0.2) is 19.5 Å². The minimum absolute atomic E-state index is 0.00859. The molecule has 0 spiro atoms. The van der Waals surface area contributed by atoms with Crippen molar-refractivity contribution in [3.63, 3.8) is 0 Å². The standard InChI is InChI=1S/C10H11F2N5/c1-17-5-14-4-7(17)10-15-3-6(2-13)8(16-10)9(11)12/h3-5,9H,2,13H2,1H3. The molecule has 2 aromatic heterocycles. The van der Waals surface area contributed by atoms with E-state index in [2.05, 4.69) is 15.0 Å². The van der Waals surface area contributed by atoms with E-state index in [4.69, 9.17) is 5.73 Å². The maximum atomic E-state index is 12.8. The van der Waals surface area contributed by atoms with E-state index in [1.807, 2.05) is 0 Å². The van der Waals surface area contributed by atoms with Gasteiger partial charge in [0, 0.05) is 25.4 Å². The van der Waals surface area contributed by atoms with Gasteiger partial charge in [-0.15, -0.1) is 0 Å². The third-order valence-corrected chi connectivity index (χ3v) is 2.37. The number of nitrogens with two attached hydrogens (primary N) is 1. The Labute approximate surface area is 96.3 Å². The summed E-state index contributed by atoms with van der Waals surface area (Å²) >= 11 is 0. The SMILES string of the molecule is Cn1cncc1-c1ncc(CN)c(C(F)F)n1. The molecule has 0 atom stereocenters. The predicted molar refractivity (Wildman–Crippen MR) is 57.1 cm³/mol. The highest BCUT2D eigenvalue weighted by molar-refractivity contribution is 5.48. The molecule has 5 nitrogen and oxygen atoms in total. The Morgan fingerprint density at radius 2 is 2.18 bits per heavy atom. The Morgan fingerprint density at radius 1 is 1.41 bits per heavy atom. The van der Waals surface area contributed by atoms with Crippen LogP contribution >= 0.6 is 0 Å². The Hall–Kier alpha value is -1.89. The van der Waals surface area contributed by atoms with Crippen molar-refractivity contribution < 1.29 is 8.78 Å². The Balaban J connectivity index is 2.51. The number of hydrogen-bond donors (Lipinski definition) is 1. The van der Waals surface area contributed by atoms with Gasteiger partial charge in [-0.3, -0.25) is 0 Å². The number of rotatable bonds is 3. The molecule has 0 radical (unpaired) electrons. The monoisotopic (exact) mass is 239 g/mol. The summed E-state index contributed by atoms with van der Waals surface area (Å²) in [4.78, 5) is 11.7. The molecule has 0 bridgehead atoms. The van der Waals surface area contributed by atoms with Gasteiger partial charge in [-0.2, -0.15) is 0 Å². The largest absolute Gasteiger partial charge is 0.331 e. The molecule has 17 heavy (non-hydrogen) atoms. The molecular weight excluding hydrogens is 228 g/mol. The van der Waals surface area contributed by atoms with Crippen molar-refractivity contribution in [2.75, 3.05) is 0 Å². The van der Waals surface area contributed by atoms with Gasteiger partial charge in [-0.1, -0.05) is 0 Å². The lowest BCUT2D eigenvalue weighted by Gasteiger charge is -2.07. The number of nitrogens with zero attached hydrogens (tertiary/aromatic N) is 4. The number of alkyl halides is 2. The van der Waals surface area contributed by atoms with Crippen LogP contribution in [0.5, 0.6) is 0 Å². The number of aryl methyl sites for hydroxylation is 1. The van der Waals surface area contributed by atoms with Crippen LogP contribution in [0, 0.1) is 0 Å². The third kappa shape index (κ3) is 2.14. The van der Waals surface area contributed by atoms with Crippen molar-refractivity contribution >= 4 is 0 Å². The fourth-order valence-electron chi connectivity index (χ4n) is 1.46.